The van der Waals surface area contributed by atoms with Crippen LogP contribution in [0, 0.1) is 6.92 Å². The fourth-order valence-electron chi connectivity index (χ4n) is 2.19. The summed E-state index contributed by atoms with van der Waals surface area (Å²) < 4.78 is 0. The van der Waals surface area contributed by atoms with Crippen molar-refractivity contribution in [3.63, 3.8) is 0 Å². The van der Waals surface area contributed by atoms with Gasteiger partial charge >= 0.3 is 0 Å². The molecule has 0 spiro atoms. The fourth-order valence-corrected chi connectivity index (χ4v) is 2.19. The maximum atomic E-state index is 3.66. The maximum absolute atomic E-state index is 3.66. The summed E-state index contributed by atoms with van der Waals surface area (Å²) >= 11 is 0. The first-order valence-corrected chi connectivity index (χ1v) is 5.79. The van der Waals surface area contributed by atoms with Gasteiger partial charge < -0.3 is 10.6 Å². The molecule has 15 heavy (non-hydrogen) atoms. The van der Waals surface area contributed by atoms with E-state index in [1.807, 2.05) is 0 Å². The molecule has 82 valence electrons. The van der Waals surface area contributed by atoms with Crippen LogP contribution in [0.25, 0.3) is 0 Å². The summed E-state index contributed by atoms with van der Waals surface area (Å²) in [6.07, 6.45) is 1.25. The molecule has 1 aromatic carbocycles. The first-order chi connectivity index (χ1) is 7.25. The van der Waals surface area contributed by atoms with Crippen LogP contribution in [-0.4, -0.2) is 19.1 Å². The van der Waals surface area contributed by atoms with Crippen LogP contribution in [0.15, 0.2) is 24.3 Å². The van der Waals surface area contributed by atoms with Crippen LogP contribution in [0.4, 0.5) is 0 Å². The van der Waals surface area contributed by atoms with E-state index in [-0.39, 0.29) is 0 Å². The summed E-state index contributed by atoms with van der Waals surface area (Å²) in [6, 6.07) is 9.84. The maximum Gasteiger partial charge on any atom is 0.0294 e. The zero-order valence-electron chi connectivity index (χ0n) is 9.59. The Morgan fingerprint density at radius 1 is 1.47 bits per heavy atom. The van der Waals surface area contributed by atoms with Gasteiger partial charge in [0.2, 0.25) is 0 Å². The van der Waals surface area contributed by atoms with Crippen LogP contribution in [-0.2, 0) is 0 Å². The smallest absolute Gasteiger partial charge is 0.0294 e. The summed E-state index contributed by atoms with van der Waals surface area (Å²) in [4.78, 5) is 0. The Kier molecular flexibility index (Phi) is 3.39. The van der Waals surface area contributed by atoms with Crippen molar-refractivity contribution < 1.29 is 0 Å². The van der Waals surface area contributed by atoms with Gasteiger partial charge in [0.15, 0.2) is 0 Å². The number of rotatable bonds is 3. The summed E-state index contributed by atoms with van der Waals surface area (Å²) in [7, 11) is 0. The van der Waals surface area contributed by atoms with Crippen molar-refractivity contribution in [2.24, 2.45) is 0 Å². The van der Waals surface area contributed by atoms with Crippen molar-refractivity contribution in [2.75, 3.05) is 13.1 Å². The zero-order valence-corrected chi connectivity index (χ0v) is 9.59. The summed E-state index contributed by atoms with van der Waals surface area (Å²) in [5.41, 5.74) is 2.73. The second-order valence-electron chi connectivity index (χ2n) is 4.49. The number of nitrogens with one attached hydrogen (secondary N) is 2. The van der Waals surface area contributed by atoms with E-state index in [1.165, 1.54) is 17.5 Å². The SMILES string of the molecule is Cc1cccc(C(C)NC2CCNC2)c1. The molecule has 2 nitrogen and oxygen atoms in total. The Morgan fingerprint density at radius 3 is 3.00 bits per heavy atom. The third kappa shape index (κ3) is 2.80. The van der Waals surface area contributed by atoms with E-state index in [0.717, 1.165) is 13.1 Å². The predicted octanol–water partition coefficient (Wildman–Crippen LogP) is 2.01. The first kappa shape index (κ1) is 10.7. The van der Waals surface area contributed by atoms with Crippen LogP contribution in [0.1, 0.15) is 30.5 Å². The molecule has 1 aromatic rings. The van der Waals surface area contributed by atoms with Crippen molar-refractivity contribution >= 4 is 0 Å². The number of hydrogen-bond donors (Lipinski definition) is 2. The second-order valence-corrected chi connectivity index (χ2v) is 4.49. The molecule has 0 aliphatic carbocycles. The normalized spacial score (nSPS) is 22.9. The summed E-state index contributed by atoms with van der Waals surface area (Å²) in [5.74, 6) is 0. The zero-order chi connectivity index (χ0) is 10.7. The molecule has 0 bridgehead atoms. The third-order valence-electron chi connectivity index (χ3n) is 3.09. The van der Waals surface area contributed by atoms with Gasteiger partial charge in [0.05, 0.1) is 0 Å². The number of hydrogen-bond acceptors (Lipinski definition) is 2. The van der Waals surface area contributed by atoms with Gasteiger partial charge in [-0.1, -0.05) is 29.8 Å². The lowest BCUT2D eigenvalue weighted by Crippen LogP contribution is -2.33. The second kappa shape index (κ2) is 4.77. The average molecular weight is 204 g/mol. The molecule has 1 aliphatic rings. The van der Waals surface area contributed by atoms with Crippen molar-refractivity contribution in [1.29, 1.82) is 0 Å². The van der Waals surface area contributed by atoms with E-state index in [0.29, 0.717) is 12.1 Å². The minimum absolute atomic E-state index is 0.454. The summed E-state index contributed by atoms with van der Waals surface area (Å²) in [5, 5.41) is 7.04. The topological polar surface area (TPSA) is 24.1 Å². The molecule has 0 radical (unpaired) electrons. The highest BCUT2D eigenvalue weighted by Crippen LogP contribution is 2.15. The third-order valence-corrected chi connectivity index (χ3v) is 3.09. The Balaban J connectivity index is 1.97. The van der Waals surface area contributed by atoms with E-state index in [2.05, 4.69) is 48.7 Å². The van der Waals surface area contributed by atoms with Crippen LogP contribution in [0.5, 0.6) is 0 Å². The molecular weight excluding hydrogens is 184 g/mol. The Bertz CT molecular complexity index is 316. The lowest BCUT2D eigenvalue weighted by atomic mass is 10.0. The molecule has 1 heterocycles. The van der Waals surface area contributed by atoms with Crippen molar-refractivity contribution in [2.45, 2.75) is 32.4 Å². The molecule has 2 N–H and O–H groups in total. The van der Waals surface area contributed by atoms with Gasteiger partial charge in [-0.05, 0) is 32.4 Å². The quantitative estimate of drug-likeness (QED) is 0.787. The molecule has 1 saturated heterocycles. The standard InChI is InChI=1S/C13H20N2/c1-10-4-3-5-12(8-10)11(2)15-13-6-7-14-9-13/h3-5,8,11,13-15H,6-7,9H2,1-2H3. The first-order valence-electron chi connectivity index (χ1n) is 5.79. The number of benzene rings is 1. The van der Waals surface area contributed by atoms with E-state index < -0.39 is 0 Å². The van der Waals surface area contributed by atoms with Gasteiger partial charge in [-0.25, -0.2) is 0 Å². The van der Waals surface area contributed by atoms with E-state index >= 15 is 0 Å². The fraction of sp³-hybridized carbons (Fsp3) is 0.538. The van der Waals surface area contributed by atoms with Gasteiger partial charge in [0.25, 0.3) is 0 Å². The highest BCUT2D eigenvalue weighted by molar-refractivity contribution is 5.24. The molecular formula is C13H20N2. The van der Waals surface area contributed by atoms with Crippen molar-refractivity contribution in [3.05, 3.63) is 35.4 Å². The highest BCUT2D eigenvalue weighted by Gasteiger charge is 2.16. The van der Waals surface area contributed by atoms with E-state index in [9.17, 15) is 0 Å². The van der Waals surface area contributed by atoms with Crippen molar-refractivity contribution in [1.82, 2.24) is 10.6 Å². The predicted molar refractivity (Wildman–Crippen MR) is 64.0 cm³/mol. The largest absolute Gasteiger partial charge is 0.315 e. The highest BCUT2D eigenvalue weighted by atomic mass is 15.0. The van der Waals surface area contributed by atoms with Crippen LogP contribution in [0.3, 0.4) is 0 Å². The molecule has 2 rings (SSSR count). The Hall–Kier alpha value is -0.860. The Labute approximate surface area is 92.1 Å². The minimum Gasteiger partial charge on any atom is -0.315 e. The van der Waals surface area contributed by atoms with Crippen LogP contribution >= 0.6 is 0 Å². The number of aryl methyl sites for hydroxylation is 1. The monoisotopic (exact) mass is 204 g/mol. The van der Waals surface area contributed by atoms with Gasteiger partial charge in [0.1, 0.15) is 0 Å². The molecule has 0 saturated carbocycles. The van der Waals surface area contributed by atoms with Gasteiger partial charge in [-0.3, -0.25) is 0 Å². The van der Waals surface area contributed by atoms with Crippen molar-refractivity contribution in [3.8, 4) is 0 Å². The minimum atomic E-state index is 0.454. The average Bonchev–Trinajstić information content (AvgIpc) is 2.70. The van der Waals surface area contributed by atoms with Crippen LogP contribution < -0.4 is 10.6 Å². The molecule has 0 amide bonds. The van der Waals surface area contributed by atoms with E-state index in [4.69, 9.17) is 0 Å². The molecule has 1 aliphatic heterocycles. The lowest BCUT2D eigenvalue weighted by Gasteiger charge is -2.19. The lowest BCUT2D eigenvalue weighted by molar-refractivity contribution is 0.478. The Morgan fingerprint density at radius 2 is 2.33 bits per heavy atom. The molecule has 0 aromatic heterocycles. The van der Waals surface area contributed by atoms with Gasteiger partial charge in [-0.2, -0.15) is 0 Å². The molecule has 1 fully saturated rings. The van der Waals surface area contributed by atoms with Gasteiger partial charge in [-0.15, -0.1) is 0 Å². The molecule has 2 atom stereocenters. The van der Waals surface area contributed by atoms with E-state index in [1.54, 1.807) is 0 Å². The van der Waals surface area contributed by atoms with Gasteiger partial charge in [0, 0.05) is 18.6 Å². The summed E-state index contributed by atoms with van der Waals surface area (Å²) in [6.45, 7) is 6.65. The molecule has 2 heteroatoms. The molecule has 2 unspecified atom stereocenters. The van der Waals surface area contributed by atoms with Crippen LogP contribution in [0.2, 0.25) is 0 Å².